The number of nitro benzene ring substituents is 1. The minimum absolute atomic E-state index is 0.0579. The second kappa shape index (κ2) is 5.25. The Kier molecular flexibility index (Phi) is 3.51. The topological polar surface area (TPSA) is 66.9 Å². The van der Waals surface area contributed by atoms with E-state index in [1.807, 2.05) is 11.4 Å². The molecule has 1 heterocycles. The summed E-state index contributed by atoms with van der Waals surface area (Å²) in [6.45, 7) is 0. The first-order valence-electron chi connectivity index (χ1n) is 5.11. The van der Waals surface area contributed by atoms with Crippen LogP contribution in [0.5, 0.6) is 0 Å². The third kappa shape index (κ3) is 2.44. The van der Waals surface area contributed by atoms with Crippen molar-refractivity contribution in [2.24, 2.45) is 0 Å². The summed E-state index contributed by atoms with van der Waals surface area (Å²) in [7, 11) is 0. The molecular formula is C13H8N2O2S. The summed E-state index contributed by atoms with van der Waals surface area (Å²) in [4.78, 5) is 11.0. The van der Waals surface area contributed by atoms with Crippen LogP contribution in [0.15, 0.2) is 35.7 Å². The minimum atomic E-state index is -0.418. The van der Waals surface area contributed by atoms with Gasteiger partial charge in [0, 0.05) is 11.6 Å². The normalized spacial score (nSPS) is 10.4. The van der Waals surface area contributed by atoms with Crippen molar-refractivity contribution in [2.75, 3.05) is 0 Å². The van der Waals surface area contributed by atoms with Gasteiger partial charge in [0.1, 0.15) is 10.9 Å². The smallest absolute Gasteiger partial charge is 0.258 e. The molecule has 0 unspecified atom stereocenters. The van der Waals surface area contributed by atoms with E-state index in [9.17, 15) is 10.1 Å². The average molecular weight is 256 g/mol. The predicted octanol–water partition coefficient (Wildman–Crippen LogP) is 3.70. The van der Waals surface area contributed by atoms with Crippen LogP contribution in [0, 0.1) is 21.4 Å². The van der Waals surface area contributed by atoms with Gasteiger partial charge in [0.15, 0.2) is 0 Å². The Labute approximate surface area is 108 Å². The van der Waals surface area contributed by atoms with Gasteiger partial charge < -0.3 is 0 Å². The monoisotopic (exact) mass is 256 g/mol. The highest BCUT2D eigenvalue weighted by Crippen LogP contribution is 2.22. The summed E-state index contributed by atoms with van der Waals surface area (Å²) < 4.78 is 0. The molecule has 0 fully saturated rings. The van der Waals surface area contributed by atoms with Gasteiger partial charge in [-0.2, -0.15) is 5.26 Å². The van der Waals surface area contributed by atoms with E-state index in [0.717, 1.165) is 5.56 Å². The van der Waals surface area contributed by atoms with Gasteiger partial charge in [-0.15, -0.1) is 11.3 Å². The second-order valence-corrected chi connectivity index (χ2v) is 4.38. The molecule has 2 aromatic rings. The number of nitrogens with zero attached hydrogens (tertiary/aromatic N) is 2. The van der Waals surface area contributed by atoms with Crippen LogP contribution in [0.4, 0.5) is 5.69 Å². The third-order valence-electron chi connectivity index (χ3n) is 2.37. The molecule has 1 aromatic carbocycles. The fourth-order valence-electron chi connectivity index (χ4n) is 1.52. The number of hydrogen-bond donors (Lipinski definition) is 0. The average Bonchev–Trinajstić information content (AvgIpc) is 2.84. The van der Waals surface area contributed by atoms with Crippen molar-refractivity contribution in [2.45, 2.75) is 0 Å². The molecule has 5 heteroatoms. The van der Waals surface area contributed by atoms with Crippen LogP contribution < -0.4 is 0 Å². The molecule has 0 N–H and O–H groups in total. The number of nitriles is 1. The maximum atomic E-state index is 10.8. The van der Waals surface area contributed by atoms with Gasteiger partial charge in [0.25, 0.3) is 5.69 Å². The van der Waals surface area contributed by atoms with Gasteiger partial charge in [-0.25, -0.2) is 0 Å². The van der Waals surface area contributed by atoms with Crippen molar-refractivity contribution in [3.05, 3.63) is 61.8 Å². The Morgan fingerprint density at radius 1 is 1.22 bits per heavy atom. The Bertz CT molecular complexity index is 653. The van der Waals surface area contributed by atoms with Crippen LogP contribution >= 0.6 is 11.3 Å². The Balaban J connectivity index is 2.36. The van der Waals surface area contributed by atoms with Crippen molar-refractivity contribution >= 4 is 29.2 Å². The second-order valence-electron chi connectivity index (χ2n) is 3.47. The molecule has 0 aliphatic heterocycles. The van der Waals surface area contributed by atoms with Gasteiger partial charge in [0.05, 0.1) is 10.5 Å². The molecule has 0 radical (unpaired) electrons. The van der Waals surface area contributed by atoms with Gasteiger partial charge in [-0.1, -0.05) is 18.2 Å². The molecule has 0 amide bonds. The summed E-state index contributed by atoms with van der Waals surface area (Å²) in [6, 6.07) is 10.4. The first kappa shape index (κ1) is 12.0. The maximum absolute atomic E-state index is 10.8. The summed E-state index contributed by atoms with van der Waals surface area (Å²) in [6.07, 6.45) is 3.37. The highest BCUT2D eigenvalue weighted by atomic mass is 32.1. The highest BCUT2D eigenvalue weighted by molar-refractivity contribution is 7.10. The Morgan fingerprint density at radius 2 is 1.94 bits per heavy atom. The fourth-order valence-corrected chi connectivity index (χ4v) is 2.19. The van der Waals surface area contributed by atoms with Gasteiger partial charge in [-0.3, -0.25) is 10.1 Å². The predicted molar refractivity (Wildman–Crippen MR) is 71.1 cm³/mol. The number of thiophene rings is 1. The van der Waals surface area contributed by atoms with Crippen molar-refractivity contribution < 1.29 is 4.92 Å². The number of para-hydroxylation sites is 1. The lowest BCUT2D eigenvalue weighted by molar-refractivity contribution is -0.385. The molecule has 0 bridgehead atoms. The quantitative estimate of drug-likeness (QED) is 0.621. The van der Waals surface area contributed by atoms with E-state index in [2.05, 4.69) is 6.07 Å². The SMILES string of the molecule is N#Cc1sccc1C=Cc1ccccc1[N+](=O)[O-]. The van der Waals surface area contributed by atoms with E-state index in [1.54, 1.807) is 30.4 Å². The molecule has 0 atom stereocenters. The van der Waals surface area contributed by atoms with Crippen LogP contribution in [0.1, 0.15) is 16.0 Å². The molecule has 4 nitrogen and oxygen atoms in total. The van der Waals surface area contributed by atoms with E-state index >= 15 is 0 Å². The van der Waals surface area contributed by atoms with Gasteiger partial charge in [-0.05, 0) is 23.6 Å². The molecule has 88 valence electrons. The van der Waals surface area contributed by atoms with E-state index < -0.39 is 4.92 Å². The maximum Gasteiger partial charge on any atom is 0.276 e. The zero-order valence-corrected chi connectivity index (χ0v) is 10.1. The molecule has 2 rings (SSSR count). The van der Waals surface area contributed by atoms with Crippen LogP contribution in [0.3, 0.4) is 0 Å². The van der Waals surface area contributed by atoms with E-state index in [1.165, 1.54) is 17.4 Å². The van der Waals surface area contributed by atoms with Gasteiger partial charge >= 0.3 is 0 Å². The van der Waals surface area contributed by atoms with Crippen molar-refractivity contribution in [1.82, 2.24) is 0 Å². The molecule has 18 heavy (non-hydrogen) atoms. The summed E-state index contributed by atoms with van der Waals surface area (Å²) in [5.74, 6) is 0. The first-order chi connectivity index (χ1) is 8.72. The summed E-state index contributed by atoms with van der Waals surface area (Å²) in [5.41, 5.74) is 1.36. The summed E-state index contributed by atoms with van der Waals surface area (Å²) in [5, 5.41) is 21.5. The first-order valence-corrected chi connectivity index (χ1v) is 5.99. The molecular weight excluding hydrogens is 248 g/mol. The molecule has 0 spiro atoms. The Hall–Kier alpha value is -2.45. The fraction of sp³-hybridized carbons (Fsp3) is 0. The van der Waals surface area contributed by atoms with Crippen LogP contribution in [-0.2, 0) is 0 Å². The molecule has 0 saturated heterocycles. The van der Waals surface area contributed by atoms with Crippen molar-refractivity contribution in [1.29, 1.82) is 5.26 Å². The minimum Gasteiger partial charge on any atom is -0.258 e. The lowest BCUT2D eigenvalue weighted by Crippen LogP contribution is -1.90. The van der Waals surface area contributed by atoms with E-state index in [0.29, 0.717) is 10.4 Å². The van der Waals surface area contributed by atoms with Crippen LogP contribution in [0.25, 0.3) is 12.2 Å². The Morgan fingerprint density at radius 3 is 2.67 bits per heavy atom. The number of hydrogen-bond acceptors (Lipinski definition) is 4. The largest absolute Gasteiger partial charge is 0.276 e. The van der Waals surface area contributed by atoms with Gasteiger partial charge in [0.2, 0.25) is 0 Å². The zero-order valence-electron chi connectivity index (χ0n) is 9.24. The molecule has 0 aliphatic rings. The lowest BCUT2D eigenvalue weighted by atomic mass is 10.1. The van der Waals surface area contributed by atoms with Crippen molar-refractivity contribution in [3.63, 3.8) is 0 Å². The lowest BCUT2D eigenvalue weighted by Gasteiger charge is -1.96. The number of rotatable bonds is 3. The van der Waals surface area contributed by atoms with E-state index in [4.69, 9.17) is 5.26 Å². The van der Waals surface area contributed by atoms with E-state index in [-0.39, 0.29) is 5.69 Å². The number of benzene rings is 1. The summed E-state index contributed by atoms with van der Waals surface area (Å²) >= 11 is 1.35. The van der Waals surface area contributed by atoms with Crippen molar-refractivity contribution in [3.8, 4) is 6.07 Å². The highest BCUT2D eigenvalue weighted by Gasteiger charge is 2.09. The zero-order chi connectivity index (χ0) is 13.0. The van der Waals surface area contributed by atoms with Crippen LogP contribution in [0.2, 0.25) is 0 Å². The number of nitro groups is 1. The molecule has 0 aliphatic carbocycles. The molecule has 1 aromatic heterocycles. The van der Waals surface area contributed by atoms with Crippen LogP contribution in [-0.4, -0.2) is 4.92 Å². The molecule has 0 saturated carbocycles. The standard InChI is InChI=1S/C13H8N2O2S/c14-9-13-11(7-8-18-13)6-5-10-3-1-2-4-12(10)15(16)17/h1-8H. The third-order valence-corrected chi connectivity index (χ3v) is 3.21.